The highest BCUT2D eigenvalue weighted by Gasteiger charge is 2.28. The third-order valence-electron chi connectivity index (χ3n) is 4.35. The summed E-state index contributed by atoms with van der Waals surface area (Å²) in [6.07, 6.45) is 0. The van der Waals surface area contributed by atoms with E-state index in [0.717, 1.165) is 15.8 Å². The Bertz CT molecular complexity index is 845. The fourth-order valence-electron chi connectivity index (χ4n) is 2.74. The molecule has 0 radical (unpaired) electrons. The van der Waals surface area contributed by atoms with E-state index in [4.69, 9.17) is 9.47 Å². The largest absolute Gasteiger partial charge is 0.497 e. The third kappa shape index (κ3) is 7.37. The number of halogens is 1. The summed E-state index contributed by atoms with van der Waals surface area (Å²) in [4.78, 5) is 27.3. The van der Waals surface area contributed by atoms with Crippen LogP contribution >= 0.6 is 15.9 Å². The fourth-order valence-corrected chi connectivity index (χ4v) is 3.01. The molecule has 0 fully saturated rings. The van der Waals surface area contributed by atoms with Gasteiger partial charge in [0.2, 0.25) is 5.91 Å². The maximum absolute atomic E-state index is 13.0. The van der Waals surface area contributed by atoms with E-state index in [1.165, 1.54) is 4.90 Å². The fraction of sp³-hybridized carbons (Fsp3) is 0.391. The van der Waals surface area contributed by atoms with E-state index in [9.17, 15) is 9.59 Å². The van der Waals surface area contributed by atoms with Gasteiger partial charge in [0.15, 0.2) is 6.61 Å². The zero-order valence-corrected chi connectivity index (χ0v) is 19.7. The lowest BCUT2D eigenvalue weighted by molar-refractivity contribution is -0.142. The third-order valence-corrected chi connectivity index (χ3v) is 4.88. The lowest BCUT2D eigenvalue weighted by atomic mass is 10.1. The smallest absolute Gasteiger partial charge is 0.261 e. The average Bonchev–Trinajstić information content (AvgIpc) is 2.70. The predicted octanol–water partition coefficient (Wildman–Crippen LogP) is 4.17. The molecular weight excluding hydrogens is 448 g/mol. The molecule has 1 unspecified atom stereocenters. The molecule has 2 rings (SSSR count). The van der Waals surface area contributed by atoms with Gasteiger partial charge in [-0.1, -0.05) is 28.1 Å². The Kier molecular flexibility index (Phi) is 8.29. The number of amides is 2. The van der Waals surface area contributed by atoms with Gasteiger partial charge in [0, 0.05) is 16.6 Å². The molecule has 0 aliphatic rings. The Morgan fingerprint density at radius 1 is 1.03 bits per heavy atom. The van der Waals surface area contributed by atoms with Gasteiger partial charge in [0.05, 0.1) is 7.11 Å². The molecule has 0 spiro atoms. The van der Waals surface area contributed by atoms with Gasteiger partial charge in [-0.2, -0.15) is 0 Å². The van der Waals surface area contributed by atoms with E-state index in [2.05, 4.69) is 21.2 Å². The molecule has 0 saturated carbocycles. The summed E-state index contributed by atoms with van der Waals surface area (Å²) in [5.74, 6) is 0.828. The van der Waals surface area contributed by atoms with E-state index in [-0.39, 0.29) is 25.0 Å². The van der Waals surface area contributed by atoms with E-state index in [1.54, 1.807) is 26.2 Å². The first-order valence-electron chi connectivity index (χ1n) is 9.72. The summed E-state index contributed by atoms with van der Waals surface area (Å²) in [6.45, 7) is 7.57. The highest BCUT2D eigenvalue weighted by Crippen LogP contribution is 2.18. The van der Waals surface area contributed by atoms with Gasteiger partial charge in [-0.3, -0.25) is 9.59 Å². The predicted molar refractivity (Wildman–Crippen MR) is 121 cm³/mol. The van der Waals surface area contributed by atoms with Crippen molar-refractivity contribution in [2.75, 3.05) is 13.7 Å². The summed E-state index contributed by atoms with van der Waals surface area (Å²) in [6, 6.07) is 14.0. The first kappa shape index (κ1) is 23.7. The lowest BCUT2D eigenvalue weighted by Crippen LogP contribution is -2.53. The number of carbonyl (C=O) groups excluding carboxylic acids is 2. The molecule has 30 heavy (non-hydrogen) atoms. The van der Waals surface area contributed by atoms with Gasteiger partial charge in [-0.15, -0.1) is 0 Å². The number of carbonyl (C=O) groups is 2. The molecule has 0 bridgehead atoms. The second kappa shape index (κ2) is 10.5. The lowest BCUT2D eigenvalue weighted by Gasteiger charge is -2.31. The van der Waals surface area contributed by atoms with Gasteiger partial charge in [0.1, 0.15) is 17.5 Å². The molecule has 0 saturated heterocycles. The topological polar surface area (TPSA) is 67.9 Å². The monoisotopic (exact) mass is 476 g/mol. The van der Waals surface area contributed by atoms with Gasteiger partial charge >= 0.3 is 0 Å². The number of hydrogen-bond acceptors (Lipinski definition) is 4. The highest BCUT2D eigenvalue weighted by molar-refractivity contribution is 9.10. The minimum absolute atomic E-state index is 0.162. The van der Waals surface area contributed by atoms with Crippen LogP contribution in [0.4, 0.5) is 0 Å². The van der Waals surface area contributed by atoms with Crippen molar-refractivity contribution in [1.29, 1.82) is 0 Å². The SMILES string of the molecule is COc1ccc(CN(C(=O)COc2ccc(Br)cc2)C(C)C(=O)NC(C)(C)C)cc1. The molecule has 7 heteroatoms. The summed E-state index contributed by atoms with van der Waals surface area (Å²) in [5.41, 5.74) is 0.497. The van der Waals surface area contributed by atoms with Crippen LogP contribution in [0.5, 0.6) is 11.5 Å². The molecule has 2 aromatic rings. The zero-order valence-electron chi connectivity index (χ0n) is 18.1. The van der Waals surface area contributed by atoms with Crippen LogP contribution < -0.4 is 14.8 Å². The van der Waals surface area contributed by atoms with Crippen LogP contribution in [0.2, 0.25) is 0 Å². The number of ether oxygens (including phenoxy) is 2. The quantitative estimate of drug-likeness (QED) is 0.620. The van der Waals surface area contributed by atoms with Gasteiger partial charge in [-0.25, -0.2) is 0 Å². The molecule has 1 atom stereocenters. The first-order chi connectivity index (χ1) is 14.1. The number of benzene rings is 2. The summed E-state index contributed by atoms with van der Waals surface area (Å²) in [7, 11) is 1.60. The molecule has 6 nitrogen and oxygen atoms in total. The molecular formula is C23H29BrN2O4. The number of methoxy groups -OCH3 is 1. The Hall–Kier alpha value is -2.54. The second-order valence-electron chi connectivity index (χ2n) is 8.03. The van der Waals surface area contributed by atoms with Crippen molar-refractivity contribution in [3.8, 4) is 11.5 Å². The van der Waals surface area contributed by atoms with Crippen molar-refractivity contribution in [3.05, 3.63) is 58.6 Å². The van der Waals surface area contributed by atoms with E-state index in [0.29, 0.717) is 5.75 Å². The summed E-state index contributed by atoms with van der Waals surface area (Å²) < 4.78 is 11.8. The Morgan fingerprint density at radius 2 is 1.60 bits per heavy atom. The van der Waals surface area contributed by atoms with Crippen LogP contribution in [0.3, 0.4) is 0 Å². The van der Waals surface area contributed by atoms with E-state index < -0.39 is 11.6 Å². The van der Waals surface area contributed by atoms with E-state index in [1.807, 2.05) is 57.2 Å². The maximum atomic E-state index is 13.0. The van der Waals surface area contributed by atoms with Crippen molar-refractivity contribution in [3.63, 3.8) is 0 Å². The summed E-state index contributed by atoms with van der Waals surface area (Å²) >= 11 is 3.37. The van der Waals surface area contributed by atoms with Crippen molar-refractivity contribution in [2.45, 2.75) is 45.8 Å². The molecule has 1 N–H and O–H groups in total. The normalized spacial score (nSPS) is 12.1. The van der Waals surface area contributed by atoms with Crippen molar-refractivity contribution < 1.29 is 19.1 Å². The molecule has 2 amide bonds. The molecule has 0 aromatic heterocycles. The van der Waals surface area contributed by atoms with Crippen LogP contribution in [0.15, 0.2) is 53.0 Å². The van der Waals surface area contributed by atoms with Crippen LogP contribution in [0, 0.1) is 0 Å². The van der Waals surface area contributed by atoms with Gasteiger partial charge < -0.3 is 19.7 Å². The van der Waals surface area contributed by atoms with Crippen LogP contribution in [-0.4, -0.2) is 42.0 Å². The number of rotatable bonds is 8. The zero-order chi connectivity index (χ0) is 22.3. The molecule has 162 valence electrons. The molecule has 0 aliphatic heterocycles. The summed E-state index contributed by atoms with van der Waals surface area (Å²) in [5, 5.41) is 2.94. The number of nitrogens with one attached hydrogen (secondary N) is 1. The Balaban J connectivity index is 2.16. The van der Waals surface area contributed by atoms with E-state index >= 15 is 0 Å². The van der Waals surface area contributed by atoms with Crippen LogP contribution in [0.1, 0.15) is 33.3 Å². The minimum atomic E-state index is -0.660. The molecule has 2 aromatic carbocycles. The second-order valence-corrected chi connectivity index (χ2v) is 8.94. The minimum Gasteiger partial charge on any atom is -0.497 e. The van der Waals surface area contributed by atoms with Crippen LogP contribution in [0.25, 0.3) is 0 Å². The Labute approximate surface area is 186 Å². The van der Waals surface area contributed by atoms with Gasteiger partial charge in [-0.05, 0) is 69.7 Å². The maximum Gasteiger partial charge on any atom is 0.261 e. The van der Waals surface area contributed by atoms with Crippen LogP contribution in [-0.2, 0) is 16.1 Å². The standard InChI is InChI=1S/C23H29BrN2O4/c1-16(22(28)25-23(2,3)4)26(14-17-6-10-19(29-5)11-7-17)21(27)15-30-20-12-8-18(24)9-13-20/h6-13,16H,14-15H2,1-5H3,(H,25,28). The number of nitrogens with zero attached hydrogens (tertiary/aromatic N) is 1. The van der Waals surface area contributed by atoms with Crippen molar-refractivity contribution >= 4 is 27.7 Å². The molecule has 0 aliphatic carbocycles. The number of hydrogen-bond donors (Lipinski definition) is 1. The Morgan fingerprint density at radius 3 is 2.13 bits per heavy atom. The van der Waals surface area contributed by atoms with Crippen molar-refractivity contribution in [2.24, 2.45) is 0 Å². The average molecular weight is 477 g/mol. The van der Waals surface area contributed by atoms with Crippen molar-refractivity contribution in [1.82, 2.24) is 10.2 Å². The van der Waals surface area contributed by atoms with Gasteiger partial charge in [0.25, 0.3) is 5.91 Å². The highest BCUT2D eigenvalue weighted by atomic mass is 79.9. The molecule has 0 heterocycles. The first-order valence-corrected chi connectivity index (χ1v) is 10.5.